The number of aliphatic imine (C=N–C) groups is 1. The van der Waals surface area contributed by atoms with Gasteiger partial charge in [-0.15, -0.1) is 0 Å². The maximum atomic E-state index is 6.03. The van der Waals surface area contributed by atoms with Gasteiger partial charge in [0, 0.05) is 6.54 Å². The van der Waals surface area contributed by atoms with E-state index in [2.05, 4.69) is 10.3 Å². The lowest BCUT2D eigenvalue weighted by atomic mass is 10.1. The van der Waals surface area contributed by atoms with E-state index in [9.17, 15) is 0 Å². The van der Waals surface area contributed by atoms with E-state index < -0.39 is 0 Å². The number of amidine groups is 1. The summed E-state index contributed by atoms with van der Waals surface area (Å²) >= 11 is 11.8. The number of benzene rings is 1. The molecule has 86 valence electrons. The van der Waals surface area contributed by atoms with Crippen LogP contribution in [0, 0.1) is 0 Å². The van der Waals surface area contributed by atoms with Gasteiger partial charge in [-0.05, 0) is 24.1 Å². The molecule has 1 aromatic carbocycles. The molecule has 0 amide bonds. The smallest absolute Gasteiger partial charge is 0.114 e. The number of rotatable bonds is 3. The van der Waals surface area contributed by atoms with Crippen molar-refractivity contribution in [1.29, 1.82) is 0 Å². The van der Waals surface area contributed by atoms with E-state index in [-0.39, 0.29) is 6.04 Å². The van der Waals surface area contributed by atoms with Crippen molar-refractivity contribution < 1.29 is 0 Å². The first kappa shape index (κ1) is 11.7. The number of nitrogens with zero attached hydrogens (tertiary/aromatic N) is 1. The molecule has 1 atom stereocenters. The minimum Gasteiger partial charge on any atom is -0.371 e. The second-order valence-corrected chi connectivity index (χ2v) is 4.57. The third-order valence-electron chi connectivity index (χ3n) is 2.49. The van der Waals surface area contributed by atoms with Crippen molar-refractivity contribution in [1.82, 2.24) is 5.32 Å². The second kappa shape index (κ2) is 5.04. The monoisotopic (exact) mass is 257 g/mol. The number of hydrogen-bond acceptors (Lipinski definition) is 3. The van der Waals surface area contributed by atoms with E-state index in [0.717, 1.165) is 24.5 Å². The third-order valence-corrected chi connectivity index (χ3v) is 3.23. The zero-order chi connectivity index (χ0) is 11.5. The fourth-order valence-electron chi connectivity index (χ4n) is 1.68. The molecule has 1 heterocycles. The van der Waals surface area contributed by atoms with E-state index in [4.69, 9.17) is 28.9 Å². The second-order valence-electron chi connectivity index (χ2n) is 3.75. The topological polar surface area (TPSA) is 50.4 Å². The Morgan fingerprint density at radius 3 is 2.81 bits per heavy atom. The maximum Gasteiger partial charge on any atom is 0.114 e. The zero-order valence-corrected chi connectivity index (χ0v) is 10.2. The van der Waals surface area contributed by atoms with Gasteiger partial charge in [0.15, 0.2) is 0 Å². The molecular weight excluding hydrogens is 245 g/mol. The highest BCUT2D eigenvalue weighted by Crippen LogP contribution is 2.23. The van der Waals surface area contributed by atoms with Crippen LogP contribution in [-0.2, 0) is 6.42 Å². The normalized spacial score (nSPS) is 16.8. The molecule has 0 fully saturated rings. The fourth-order valence-corrected chi connectivity index (χ4v) is 2.00. The average Bonchev–Trinajstić information content (AvgIpc) is 2.77. The number of hydrogen-bond donors (Lipinski definition) is 2. The summed E-state index contributed by atoms with van der Waals surface area (Å²) < 4.78 is 0. The Labute approximate surface area is 105 Å². The molecule has 1 aliphatic heterocycles. The largest absolute Gasteiger partial charge is 0.371 e. The van der Waals surface area contributed by atoms with Gasteiger partial charge in [-0.3, -0.25) is 4.99 Å². The first-order chi connectivity index (χ1) is 7.66. The Kier molecular flexibility index (Phi) is 3.69. The Bertz CT molecular complexity index is 418. The molecule has 0 aromatic heterocycles. The lowest BCUT2D eigenvalue weighted by molar-refractivity contribution is 0.819. The Morgan fingerprint density at radius 1 is 1.38 bits per heavy atom. The predicted octanol–water partition coefficient (Wildman–Crippen LogP) is 1.86. The molecule has 0 spiro atoms. The van der Waals surface area contributed by atoms with Gasteiger partial charge in [0.1, 0.15) is 5.84 Å². The van der Waals surface area contributed by atoms with Crippen LogP contribution in [0.15, 0.2) is 23.2 Å². The molecule has 3 N–H and O–H groups in total. The third kappa shape index (κ3) is 2.67. The number of halogens is 2. The lowest BCUT2D eigenvalue weighted by Gasteiger charge is -2.12. The van der Waals surface area contributed by atoms with Crippen LogP contribution in [0.3, 0.4) is 0 Å². The SMILES string of the molecule is NC(Cc1ccc(Cl)c(Cl)c1)C1=NCCN1. The van der Waals surface area contributed by atoms with E-state index in [0.29, 0.717) is 16.5 Å². The lowest BCUT2D eigenvalue weighted by Crippen LogP contribution is -2.39. The molecule has 2 rings (SSSR count). The molecule has 0 aliphatic carbocycles. The van der Waals surface area contributed by atoms with Crippen molar-refractivity contribution in [2.45, 2.75) is 12.5 Å². The van der Waals surface area contributed by atoms with Gasteiger partial charge in [-0.25, -0.2) is 0 Å². The molecular formula is C11H13Cl2N3. The summed E-state index contributed by atoms with van der Waals surface area (Å²) in [7, 11) is 0. The van der Waals surface area contributed by atoms with Gasteiger partial charge in [-0.2, -0.15) is 0 Å². The molecule has 5 heteroatoms. The van der Waals surface area contributed by atoms with Crippen molar-refractivity contribution in [3.05, 3.63) is 33.8 Å². The van der Waals surface area contributed by atoms with Crippen LogP contribution >= 0.6 is 23.2 Å². The molecule has 0 radical (unpaired) electrons. The standard InChI is InChI=1S/C11H13Cl2N3/c12-8-2-1-7(5-9(8)13)6-10(14)11-15-3-4-16-11/h1-2,5,10H,3-4,6,14H2,(H,15,16). The highest BCUT2D eigenvalue weighted by atomic mass is 35.5. The molecule has 1 unspecified atom stereocenters. The van der Waals surface area contributed by atoms with Crippen LogP contribution in [0.1, 0.15) is 5.56 Å². The predicted molar refractivity (Wildman–Crippen MR) is 68.4 cm³/mol. The molecule has 1 aliphatic rings. The molecule has 0 saturated heterocycles. The number of nitrogens with one attached hydrogen (secondary N) is 1. The van der Waals surface area contributed by atoms with Crippen molar-refractivity contribution in [3.63, 3.8) is 0 Å². The summed E-state index contributed by atoms with van der Waals surface area (Å²) in [4.78, 5) is 4.29. The zero-order valence-electron chi connectivity index (χ0n) is 8.71. The van der Waals surface area contributed by atoms with Gasteiger partial charge in [0.05, 0.1) is 22.6 Å². The molecule has 16 heavy (non-hydrogen) atoms. The highest BCUT2D eigenvalue weighted by molar-refractivity contribution is 6.42. The van der Waals surface area contributed by atoms with Crippen LogP contribution in [0.25, 0.3) is 0 Å². The van der Waals surface area contributed by atoms with E-state index in [1.54, 1.807) is 6.07 Å². The van der Waals surface area contributed by atoms with Crippen LogP contribution in [-0.4, -0.2) is 25.0 Å². The summed E-state index contributed by atoms with van der Waals surface area (Å²) in [5, 5.41) is 4.30. The first-order valence-electron chi connectivity index (χ1n) is 5.14. The van der Waals surface area contributed by atoms with E-state index in [1.165, 1.54) is 0 Å². The van der Waals surface area contributed by atoms with Crippen LogP contribution in [0.5, 0.6) is 0 Å². The Hall–Kier alpha value is -0.770. The average molecular weight is 258 g/mol. The number of nitrogens with two attached hydrogens (primary N) is 1. The van der Waals surface area contributed by atoms with Gasteiger partial charge < -0.3 is 11.1 Å². The summed E-state index contributed by atoms with van der Waals surface area (Å²) in [5.41, 5.74) is 7.10. The van der Waals surface area contributed by atoms with Crippen LogP contribution < -0.4 is 11.1 Å². The quantitative estimate of drug-likeness (QED) is 0.869. The summed E-state index contributed by atoms with van der Waals surface area (Å²) in [6.45, 7) is 1.69. The summed E-state index contributed by atoms with van der Waals surface area (Å²) in [6.07, 6.45) is 0.711. The Morgan fingerprint density at radius 2 is 2.19 bits per heavy atom. The van der Waals surface area contributed by atoms with Gasteiger partial charge in [0.25, 0.3) is 0 Å². The molecule has 0 bridgehead atoms. The Balaban J connectivity index is 2.05. The molecule has 0 saturated carbocycles. The van der Waals surface area contributed by atoms with Crippen molar-refractivity contribution >= 4 is 29.0 Å². The van der Waals surface area contributed by atoms with E-state index >= 15 is 0 Å². The summed E-state index contributed by atoms with van der Waals surface area (Å²) in [6, 6.07) is 5.47. The highest BCUT2D eigenvalue weighted by Gasteiger charge is 2.15. The van der Waals surface area contributed by atoms with Crippen molar-refractivity contribution in [2.24, 2.45) is 10.7 Å². The molecule has 3 nitrogen and oxygen atoms in total. The van der Waals surface area contributed by atoms with Crippen LogP contribution in [0.2, 0.25) is 10.0 Å². The fraction of sp³-hybridized carbons (Fsp3) is 0.364. The van der Waals surface area contributed by atoms with Crippen molar-refractivity contribution in [3.8, 4) is 0 Å². The summed E-state index contributed by atoms with van der Waals surface area (Å²) in [5.74, 6) is 0.881. The van der Waals surface area contributed by atoms with Gasteiger partial charge in [-0.1, -0.05) is 29.3 Å². The first-order valence-corrected chi connectivity index (χ1v) is 5.90. The van der Waals surface area contributed by atoms with Crippen LogP contribution in [0.4, 0.5) is 0 Å². The van der Waals surface area contributed by atoms with Gasteiger partial charge >= 0.3 is 0 Å². The van der Waals surface area contributed by atoms with E-state index in [1.807, 2.05) is 12.1 Å². The molecule has 1 aromatic rings. The minimum absolute atomic E-state index is 0.0975. The van der Waals surface area contributed by atoms with Gasteiger partial charge in [0.2, 0.25) is 0 Å². The minimum atomic E-state index is -0.0975. The van der Waals surface area contributed by atoms with Crippen molar-refractivity contribution in [2.75, 3.05) is 13.1 Å². The maximum absolute atomic E-state index is 6.03.